The number of aromatic amines is 1. The van der Waals surface area contributed by atoms with E-state index in [4.69, 9.17) is 10.7 Å². The molecule has 1 aromatic heterocycles. The van der Waals surface area contributed by atoms with E-state index in [9.17, 15) is 4.79 Å². The van der Waals surface area contributed by atoms with Crippen LogP contribution in [0.15, 0.2) is 30.4 Å². The van der Waals surface area contributed by atoms with Crippen LogP contribution in [-0.4, -0.2) is 40.1 Å². The van der Waals surface area contributed by atoms with Crippen LogP contribution in [0.4, 0.5) is 10.1 Å². The molecule has 0 aliphatic carbocycles. The van der Waals surface area contributed by atoms with Crippen molar-refractivity contribution in [2.45, 2.75) is 68.9 Å². The maximum absolute atomic E-state index is 15.3. The van der Waals surface area contributed by atoms with Crippen LogP contribution in [0.3, 0.4) is 0 Å². The SMILES string of the molecule is C=Cc1nc([C@](N)(CCC)I(C)C(C)=O)[nH]c1/C=C(\C)[C@H]1CCCN1c1ccc(I2CCCC[I-]2)c(F)c1. The van der Waals surface area contributed by atoms with Crippen molar-refractivity contribution in [3.63, 3.8) is 0 Å². The first-order valence-corrected chi connectivity index (χ1v) is 28.0. The van der Waals surface area contributed by atoms with Gasteiger partial charge >= 0.3 is 250 Å². The van der Waals surface area contributed by atoms with Gasteiger partial charge in [0.1, 0.15) is 0 Å². The van der Waals surface area contributed by atoms with Gasteiger partial charge in [0.15, 0.2) is 0 Å². The molecular formula is C29H41FI3N4O-. The second-order valence-corrected chi connectivity index (χ2v) is 32.2. The zero-order valence-electron chi connectivity index (χ0n) is 22.9. The molecule has 9 heteroatoms. The number of nitrogens with one attached hydrogen (secondary N) is 1. The number of imidazole rings is 1. The fourth-order valence-electron chi connectivity index (χ4n) is 5.21. The number of halogens is 4. The summed E-state index contributed by atoms with van der Waals surface area (Å²) < 4.78 is 18.6. The van der Waals surface area contributed by atoms with E-state index >= 15 is 4.39 Å². The van der Waals surface area contributed by atoms with Crippen molar-refractivity contribution >= 4 is 57.3 Å². The molecule has 2 aliphatic rings. The number of nitrogens with two attached hydrogens (primary N) is 1. The molecule has 0 saturated carbocycles. The summed E-state index contributed by atoms with van der Waals surface area (Å²) in [6.45, 7) is 10.8. The number of aromatic nitrogens is 2. The van der Waals surface area contributed by atoms with Crippen LogP contribution < -0.4 is 27.9 Å². The van der Waals surface area contributed by atoms with Gasteiger partial charge in [0.25, 0.3) is 0 Å². The first kappa shape index (κ1) is 30.4. The second-order valence-electron chi connectivity index (χ2n) is 9.97. The Hall–Kier alpha value is -0.540. The Morgan fingerprint density at radius 3 is 2.82 bits per heavy atom. The zero-order valence-corrected chi connectivity index (χ0v) is 29.4. The van der Waals surface area contributed by atoms with Crippen molar-refractivity contribution < 1.29 is 26.4 Å². The summed E-state index contributed by atoms with van der Waals surface area (Å²) in [7, 11) is 0. The summed E-state index contributed by atoms with van der Waals surface area (Å²) >= 11 is -3.17. The molecule has 38 heavy (non-hydrogen) atoms. The topological polar surface area (TPSA) is 75.0 Å². The number of hydrogen-bond acceptors (Lipinski definition) is 4. The van der Waals surface area contributed by atoms with Gasteiger partial charge in [-0.15, -0.1) is 0 Å². The molecule has 0 unspecified atom stereocenters. The summed E-state index contributed by atoms with van der Waals surface area (Å²) in [6.07, 6.45) is 10.3. The van der Waals surface area contributed by atoms with Crippen molar-refractivity contribution in [2.75, 3.05) is 25.2 Å². The van der Waals surface area contributed by atoms with E-state index in [0.29, 0.717) is 5.82 Å². The van der Waals surface area contributed by atoms with Gasteiger partial charge in [0, 0.05) is 0 Å². The molecule has 2 atom stereocenters. The van der Waals surface area contributed by atoms with Crippen LogP contribution in [-0.2, 0) is 8.34 Å². The third-order valence-electron chi connectivity index (χ3n) is 7.35. The second kappa shape index (κ2) is 13.4. The molecule has 3 N–H and O–H groups in total. The normalized spacial score (nSPS) is 21.6. The first-order chi connectivity index (χ1) is 18.2. The van der Waals surface area contributed by atoms with Crippen molar-refractivity contribution in [2.24, 2.45) is 5.73 Å². The molecule has 0 spiro atoms. The monoisotopic (exact) mass is 861 g/mol. The Bertz CT molecular complexity index is 1190. The van der Waals surface area contributed by atoms with Crippen molar-refractivity contribution in [3.8, 4) is 0 Å². The number of H-pyrrole nitrogens is 1. The van der Waals surface area contributed by atoms with Crippen LogP contribution in [0, 0.1) is 9.39 Å². The molecule has 2 aliphatic heterocycles. The molecule has 5 nitrogen and oxygen atoms in total. The minimum atomic E-state index is -2.15. The van der Waals surface area contributed by atoms with Crippen molar-refractivity contribution in [1.82, 2.24) is 9.97 Å². The molecule has 0 bridgehead atoms. The summed E-state index contributed by atoms with van der Waals surface area (Å²) in [6, 6.07) is 6.31. The van der Waals surface area contributed by atoms with Gasteiger partial charge in [-0.1, -0.05) is 0 Å². The molecule has 2 aromatic rings. The summed E-state index contributed by atoms with van der Waals surface area (Å²) in [5, 5.41) is 0. The molecule has 0 amide bonds. The number of anilines is 1. The van der Waals surface area contributed by atoms with Crippen LogP contribution >= 0.6 is 35.7 Å². The standard InChI is InChI=1S/C29H41FI3N4O/c1-6-14-29(34,32(5)21(4)38)28-35-25(7-2)26(36-28)18-20(3)27-11-10-17-37(27)22-12-13-24(23(30)19-22)33-16-9-8-15-31-33/h7,12-13,18-19,27H,2,6,8-11,14-17,34H2,1,3-5H3,(H,35,36)/q-1/b20-18+/t27-,29-/m1/s1. The van der Waals surface area contributed by atoms with Crippen LogP contribution in [0.5, 0.6) is 0 Å². The fraction of sp³-hybridized carbons (Fsp3) is 0.517. The number of carbonyl (C=O) groups excluding carboxylic acids is 1. The molecule has 1 aromatic carbocycles. The predicted molar refractivity (Wildman–Crippen MR) is 172 cm³/mol. The van der Waals surface area contributed by atoms with Crippen LogP contribution in [0.25, 0.3) is 12.2 Å². The Labute approximate surface area is 248 Å². The van der Waals surface area contributed by atoms with E-state index in [1.807, 2.05) is 11.0 Å². The Balaban J connectivity index is 1.61. The number of alkyl halides is 4. The predicted octanol–water partition coefficient (Wildman–Crippen LogP) is 4.33. The van der Waals surface area contributed by atoms with E-state index < -0.39 is 39.2 Å². The van der Waals surface area contributed by atoms with Gasteiger partial charge in [-0.25, -0.2) is 0 Å². The van der Waals surface area contributed by atoms with Gasteiger partial charge in [-0.2, -0.15) is 0 Å². The van der Waals surface area contributed by atoms with Crippen molar-refractivity contribution in [1.29, 1.82) is 0 Å². The van der Waals surface area contributed by atoms with E-state index in [2.05, 4.69) is 48.5 Å². The third-order valence-corrected chi connectivity index (χ3v) is 32.4. The molecule has 212 valence electrons. The Kier molecular flexibility index (Phi) is 10.7. The first-order valence-electron chi connectivity index (χ1n) is 13.3. The summed E-state index contributed by atoms with van der Waals surface area (Å²) in [5.74, 6) is 0.737. The number of rotatable bonds is 10. The minimum absolute atomic E-state index is 0.0354. The van der Waals surface area contributed by atoms with Gasteiger partial charge < -0.3 is 0 Å². The van der Waals surface area contributed by atoms with E-state index in [1.54, 1.807) is 13.0 Å². The molecule has 3 heterocycles. The molecule has 4 rings (SSSR count). The van der Waals surface area contributed by atoms with Crippen LogP contribution in [0.2, 0.25) is 0 Å². The van der Waals surface area contributed by atoms with Gasteiger partial charge in [-0.3, -0.25) is 0 Å². The Morgan fingerprint density at radius 1 is 1.39 bits per heavy atom. The summed E-state index contributed by atoms with van der Waals surface area (Å²) in [5.41, 5.74) is 10.7. The van der Waals surface area contributed by atoms with Gasteiger partial charge in [0.05, 0.1) is 0 Å². The van der Waals surface area contributed by atoms with Crippen LogP contribution in [0.1, 0.15) is 76.5 Å². The molecule has 0 radical (unpaired) electrons. The number of nitrogens with zero attached hydrogens (tertiary/aromatic N) is 2. The van der Waals surface area contributed by atoms with Crippen molar-refractivity contribution in [3.05, 3.63) is 57.0 Å². The molecule has 2 fully saturated rings. The molecular weight excluding hydrogens is 820 g/mol. The summed E-state index contributed by atoms with van der Waals surface area (Å²) in [4.78, 5) is 25.1. The quantitative estimate of drug-likeness (QED) is 0.162. The third kappa shape index (κ3) is 6.50. The average Bonchev–Trinajstić information content (AvgIpc) is 3.56. The number of benzene rings is 1. The zero-order chi connectivity index (χ0) is 27.4. The maximum atomic E-state index is 15.3. The van der Waals surface area contributed by atoms with E-state index in [-0.39, 0.29) is 32.9 Å². The fourth-order valence-corrected chi connectivity index (χ4v) is 27.3. The number of hydrogen-bond donors (Lipinski definition) is 2. The van der Waals surface area contributed by atoms with E-state index in [0.717, 1.165) is 52.9 Å². The number of carbonyl (C=O) groups is 1. The van der Waals surface area contributed by atoms with Gasteiger partial charge in [-0.05, 0) is 0 Å². The Morgan fingerprint density at radius 2 is 2.18 bits per heavy atom. The average molecular weight is 861 g/mol. The van der Waals surface area contributed by atoms with Gasteiger partial charge in [0.2, 0.25) is 0 Å². The van der Waals surface area contributed by atoms with E-state index in [1.165, 1.54) is 27.3 Å². The molecule has 2 saturated heterocycles.